The minimum atomic E-state index is -0.0577. The number of nitrogens with zero attached hydrogens (tertiary/aromatic N) is 4. The molecule has 176 valence electrons. The Morgan fingerprint density at radius 1 is 1.16 bits per heavy atom. The van der Waals surface area contributed by atoms with Crippen LogP contribution in [0, 0.1) is 0 Å². The van der Waals surface area contributed by atoms with Crippen molar-refractivity contribution in [3.05, 3.63) is 54.0 Å². The van der Waals surface area contributed by atoms with Gasteiger partial charge in [-0.15, -0.1) is 24.0 Å². The number of hydrogen-bond donors (Lipinski definition) is 1. The molecule has 0 saturated carbocycles. The summed E-state index contributed by atoms with van der Waals surface area (Å²) in [4.78, 5) is 23.4. The molecule has 1 N–H and O–H groups in total. The van der Waals surface area contributed by atoms with Crippen molar-refractivity contribution >= 4 is 35.8 Å². The minimum Gasteiger partial charge on any atom is -0.492 e. The van der Waals surface area contributed by atoms with E-state index in [1.54, 1.807) is 12.1 Å². The first-order valence-electron chi connectivity index (χ1n) is 10.8. The van der Waals surface area contributed by atoms with Gasteiger partial charge in [-0.3, -0.25) is 4.79 Å². The van der Waals surface area contributed by atoms with E-state index in [9.17, 15) is 4.79 Å². The van der Waals surface area contributed by atoms with Crippen LogP contribution in [0.5, 0.6) is 5.75 Å². The summed E-state index contributed by atoms with van der Waals surface area (Å²) in [5.41, 5.74) is 1.10. The van der Waals surface area contributed by atoms with Gasteiger partial charge in [0, 0.05) is 39.3 Å². The van der Waals surface area contributed by atoms with E-state index in [0.717, 1.165) is 43.5 Å². The zero-order chi connectivity index (χ0) is 22.1. The standard InChI is InChI=1S/C23H33N5O3.HI/c1-4-24-23(25-18-19-7-5-8-20(17-19)30-16-14-26(2)3)28-12-10-27(11-13-28)22(29)21-9-6-15-31-21;/h5-9,15,17H,4,10-14,16,18H2,1-3H3,(H,24,25);1H. The third-order valence-corrected chi connectivity index (χ3v) is 5.05. The number of aliphatic imine (C=N–C) groups is 1. The maximum atomic E-state index is 12.5. The predicted molar refractivity (Wildman–Crippen MR) is 137 cm³/mol. The summed E-state index contributed by atoms with van der Waals surface area (Å²) in [5, 5.41) is 3.37. The van der Waals surface area contributed by atoms with Crippen LogP contribution in [0.25, 0.3) is 0 Å². The van der Waals surface area contributed by atoms with Crippen molar-refractivity contribution in [3.8, 4) is 5.75 Å². The van der Waals surface area contributed by atoms with Crippen LogP contribution in [0.3, 0.4) is 0 Å². The molecule has 1 aliphatic heterocycles. The van der Waals surface area contributed by atoms with Crippen molar-refractivity contribution in [2.24, 2.45) is 4.99 Å². The summed E-state index contributed by atoms with van der Waals surface area (Å²) in [6, 6.07) is 11.5. The molecule has 0 bridgehead atoms. The van der Waals surface area contributed by atoms with Crippen LogP contribution in [0.1, 0.15) is 23.0 Å². The van der Waals surface area contributed by atoms with Gasteiger partial charge in [-0.05, 0) is 50.8 Å². The molecular formula is C23H34IN5O3. The van der Waals surface area contributed by atoms with E-state index in [1.165, 1.54) is 6.26 Å². The Hall–Kier alpha value is -2.27. The average Bonchev–Trinajstić information content (AvgIpc) is 3.31. The van der Waals surface area contributed by atoms with Crippen LogP contribution in [0.4, 0.5) is 0 Å². The largest absolute Gasteiger partial charge is 0.492 e. The summed E-state index contributed by atoms with van der Waals surface area (Å²) >= 11 is 0. The van der Waals surface area contributed by atoms with E-state index in [0.29, 0.717) is 32.0 Å². The van der Waals surface area contributed by atoms with E-state index < -0.39 is 0 Å². The number of benzene rings is 1. The summed E-state index contributed by atoms with van der Waals surface area (Å²) in [5.74, 6) is 2.07. The van der Waals surface area contributed by atoms with Gasteiger partial charge in [0.2, 0.25) is 0 Å². The lowest BCUT2D eigenvalue weighted by molar-refractivity contribution is 0.0657. The van der Waals surface area contributed by atoms with E-state index >= 15 is 0 Å². The Labute approximate surface area is 207 Å². The fraction of sp³-hybridized carbons (Fsp3) is 0.478. The highest BCUT2D eigenvalue weighted by atomic mass is 127. The second kappa shape index (κ2) is 13.3. The van der Waals surface area contributed by atoms with Crippen LogP contribution in [-0.2, 0) is 6.54 Å². The van der Waals surface area contributed by atoms with Crippen LogP contribution in [-0.4, -0.2) is 86.5 Å². The van der Waals surface area contributed by atoms with Gasteiger partial charge in [-0.25, -0.2) is 4.99 Å². The molecule has 0 radical (unpaired) electrons. The molecule has 8 nitrogen and oxygen atoms in total. The third kappa shape index (κ3) is 7.70. The molecular weight excluding hydrogens is 521 g/mol. The first-order chi connectivity index (χ1) is 15.1. The molecule has 1 aliphatic rings. The van der Waals surface area contributed by atoms with E-state index in [2.05, 4.69) is 28.1 Å². The number of likely N-dealkylation sites (N-methyl/N-ethyl adjacent to an activating group) is 1. The molecule has 0 aliphatic carbocycles. The summed E-state index contributed by atoms with van der Waals surface area (Å²) in [6.45, 7) is 7.68. The van der Waals surface area contributed by atoms with Crippen molar-refractivity contribution in [1.29, 1.82) is 0 Å². The van der Waals surface area contributed by atoms with E-state index in [4.69, 9.17) is 14.1 Å². The third-order valence-electron chi connectivity index (χ3n) is 5.05. The van der Waals surface area contributed by atoms with Crippen LogP contribution < -0.4 is 10.1 Å². The van der Waals surface area contributed by atoms with Crippen molar-refractivity contribution in [2.75, 3.05) is 60.0 Å². The van der Waals surface area contributed by atoms with Gasteiger partial charge in [0.25, 0.3) is 5.91 Å². The normalized spacial score (nSPS) is 14.3. The molecule has 1 aromatic heterocycles. The Balaban J connectivity index is 0.00000363. The molecule has 9 heteroatoms. The zero-order valence-corrected chi connectivity index (χ0v) is 21.5. The van der Waals surface area contributed by atoms with Crippen LogP contribution in [0.15, 0.2) is 52.1 Å². The topological polar surface area (TPSA) is 73.6 Å². The molecule has 1 fully saturated rings. The lowest BCUT2D eigenvalue weighted by Gasteiger charge is -2.36. The van der Waals surface area contributed by atoms with Gasteiger partial charge >= 0.3 is 0 Å². The number of carbonyl (C=O) groups excluding carboxylic acids is 1. The molecule has 0 spiro atoms. The second-order valence-electron chi connectivity index (χ2n) is 7.73. The number of furan rings is 1. The van der Waals surface area contributed by atoms with Crippen molar-refractivity contribution in [3.63, 3.8) is 0 Å². The number of ether oxygens (including phenoxy) is 1. The first-order valence-corrected chi connectivity index (χ1v) is 10.8. The highest BCUT2D eigenvalue weighted by Gasteiger charge is 2.25. The van der Waals surface area contributed by atoms with Crippen LogP contribution >= 0.6 is 24.0 Å². The quantitative estimate of drug-likeness (QED) is 0.307. The van der Waals surface area contributed by atoms with Gasteiger partial charge in [-0.2, -0.15) is 0 Å². The zero-order valence-electron chi connectivity index (χ0n) is 19.1. The van der Waals surface area contributed by atoms with E-state index in [-0.39, 0.29) is 29.9 Å². The van der Waals surface area contributed by atoms with Crippen molar-refractivity contribution < 1.29 is 13.9 Å². The van der Waals surface area contributed by atoms with Crippen molar-refractivity contribution in [2.45, 2.75) is 13.5 Å². The first kappa shape index (κ1) is 26.0. The lowest BCUT2D eigenvalue weighted by Crippen LogP contribution is -2.53. The van der Waals surface area contributed by atoms with Crippen LogP contribution in [0.2, 0.25) is 0 Å². The fourth-order valence-electron chi connectivity index (χ4n) is 3.35. The summed E-state index contributed by atoms with van der Waals surface area (Å²) in [7, 11) is 4.06. The van der Waals surface area contributed by atoms with Gasteiger partial charge < -0.3 is 29.2 Å². The predicted octanol–water partition coefficient (Wildman–Crippen LogP) is 2.76. The number of rotatable bonds is 8. The molecule has 0 unspecified atom stereocenters. The smallest absolute Gasteiger partial charge is 0.289 e. The number of guanidine groups is 1. The maximum absolute atomic E-state index is 12.5. The van der Waals surface area contributed by atoms with Gasteiger partial charge in [0.15, 0.2) is 11.7 Å². The number of amides is 1. The number of halogens is 1. The maximum Gasteiger partial charge on any atom is 0.289 e. The Kier molecular flexibility index (Phi) is 10.8. The number of carbonyl (C=O) groups is 1. The second-order valence-corrected chi connectivity index (χ2v) is 7.73. The molecule has 1 aromatic carbocycles. The number of nitrogens with one attached hydrogen (secondary N) is 1. The Morgan fingerprint density at radius 3 is 2.56 bits per heavy atom. The molecule has 1 saturated heterocycles. The molecule has 3 rings (SSSR count). The van der Waals surface area contributed by atoms with Gasteiger partial charge in [-0.1, -0.05) is 12.1 Å². The molecule has 2 heterocycles. The SMILES string of the molecule is CCNC(=NCc1cccc(OCCN(C)C)c1)N1CCN(C(=O)c2ccco2)CC1.I. The number of hydrogen-bond acceptors (Lipinski definition) is 5. The van der Waals surface area contributed by atoms with Gasteiger partial charge in [0.1, 0.15) is 12.4 Å². The summed E-state index contributed by atoms with van der Waals surface area (Å²) in [6.07, 6.45) is 1.53. The highest BCUT2D eigenvalue weighted by Crippen LogP contribution is 2.15. The Morgan fingerprint density at radius 2 is 1.91 bits per heavy atom. The minimum absolute atomic E-state index is 0. The highest BCUT2D eigenvalue weighted by molar-refractivity contribution is 14.0. The Bertz CT molecular complexity index is 849. The van der Waals surface area contributed by atoms with Gasteiger partial charge in [0.05, 0.1) is 12.8 Å². The number of piperazine rings is 1. The molecule has 2 aromatic rings. The van der Waals surface area contributed by atoms with Crippen molar-refractivity contribution in [1.82, 2.24) is 20.0 Å². The molecule has 1 amide bonds. The fourth-order valence-corrected chi connectivity index (χ4v) is 3.35. The molecule has 0 atom stereocenters. The summed E-state index contributed by atoms with van der Waals surface area (Å²) < 4.78 is 11.1. The lowest BCUT2D eigenvalue weighted by atomic mass is 10.2. The van der Waals surface area contributed by atoms with E-state index in [1.807, 2.05) is 37.2 Å². The average molecular weight is 555 g/mol. The monoisotopic (exact) mass is 555 g/mol. The molecule has 32 heavy (non-hydrogen) atoms.